The molecule has 1 fully saturated rings. The Balaban J connectivity index is 1.53. The summed E-state index contributed by atoms with van der Waals surface area (Å²) in [5.74, 6) is 1.50. The van der Waals surface area contributed by atoms with E-state index in [9.17, 15) is 4.79 Å². The van der Waals surface area contributed by atoms with Gasteiger partial charge in [0.1, 0.15) is 5.82 Å². The molecule has 2 aromatic carbocycles. The van der Waals surface area contributed by atoms with Gasteiger partial charge in [0.05, 0.1) is 30.1 Å². The van der Waals surface area contributed by atoms with Crippen LogP contribution in [0, 0.1) is 6.92 Å². The standard InChI is InChI=1S/C26H28N6O2/c1-4-24(33)18-5-8-20(9-6-18)27-25-16-22(28-26(29-25)32-11-13-34-14-12-32)19-7-10-21-17(2)30-31(3)23(21)15-19/h5-10,15-16H,4,11-14H2,1-3H3,(H,27,28,29). The second-order valence-electron chi connectivity index (χ2n) is 8.46. The van der Waals surface area contributed by atoms with Crippen molar-refractivity contribution in [1.29, 1.82) is 0 Å². The van der Waals surface area contributed by atoms with Gasteiger partial charge in [0.15, 0.2) is 5.78 Å². The lowest BCUT2D eigenvalue weighted by Crippen LogP contribution is -2.37. The molecule has 0 saturated carbocycles. The number of benzene rings is 2. The van der Waals surface area contributed by atoms with Crippen molar-refractivity contribution in [2.45, 2.75) is 20.3 Å². The first kappa shape index (κ1) is 22.0. The Morgan fingerprint density at radius 3 is 2.56 bits per heavy atom. The van der Waals surface area contributed by atoms with E-state index in [-0.39, 0.29) is 5.78 Å². The van der Waals surface area contributed by atoms with E-state index in [1.54, 1.807) is 0 Å². The third-order valence-electron chi connectivity index (χ3n) is 6.14. The van der Waals surface area contributed by atoms with Crippen molar-refractivity contribution in [3.05, 3.63) is 59.8 Å². The first-order chi connectivity index (χ1) is 16.5. The number of carbonyl (C=O) groups excluding carboxylic acids is 1. The van der Waals surface area contributed by atoms with Crippen molar-refractivity contribution >= 4 is 34.1 Å². The fraction of sp³-hybridized carbons (Fsp3) is 0.308. The lowest BCUT2D eigenvalue weighted by molar-refractivity contribution is 0.0988. The zero-order chi connectivity index (χ0) is 23.7. The predicted molar refractivity (Wildman–Crippen MR) is 134 cm³/mol. The van der Waals surface area contributed by atoms with E-state index >= 15 is 0 Å². The van der Waals surface area contributed by atoms with Gasteiger partial charge < -0.3 is 15.0 Å². The van der Waals surface area contributed by atoms with Crippen molar-refractivity contribution in [3.63, 3.8) is 0 Å². The van der Waals surface area contributed by atoms with Crippen LogP contribution in [0.4, 0.5) is 17.5 Å². The third kappa shape index (κ3) is 4.36. The average molecular weight is 457 g/mol. The fourth-order valence-corrected chi connectivity index (χ4v) is 4.24. The second-order valence-corrected chi connectivity index (χ2v) is 8.46. The predicted octanol–water partition coefficient (Wildman–Crippen LogP) is 4.51. The van der Waals surface area contributed by atoms with Crippen molar-refractivity contribution in [2.75, 3.05) is 36.5 Å². The highest BCUT2D eigenvalue weighted by Crippen LogP contribution is 2.29. The number of fused-ring (bicyclic) bond motifs is 1. The number of rotatable bonds is 6. The number of hydrogen-bond acceptors (Lipinski definition) is 7. The summed E-state index contributed by atoms with van der Waals surface area (Å²) in [6.07, 6.45) is 0.492. The summed E-state index contributed by atoms with van der Waals surface area (Å²) >= 11 is 0. The van der Waals surface area contributed by atoms with Crippen LogP contribution in [0.3, 0.4) is 0 Å². The van der Waals surface area contributed by atoms with Crippen molar-refractivity contribution in [2.24, 2.45) is 7.05 Å². The van der Waals surface area contributed by atoms with Crippen LogP contribution in [0.1, 0.15) is 29.4 Å². The maximum absolute atomic E-state index is 12.0. The van der Waals surface area contributed by atoms with Gasteiger partial charge in [-0.3, -0.25) is 9.48 Å². The molecule has 0 bridgehead atoms. The zero-order valence-electron chi connectivity index (χ0n) is 19.7. The Kier molecular flexibility index (Phi) is 5.98. The van der Waals surface area contributed by atoms with E-state index in [1.807, 2.05) is 55.9 Å². The summed E-state index contributed by atoms with van der Waals surface area (Å²) in [6.45, 7) is 6.69. The first-order valence-electron chi connectivity index (χ1n) is 11.6. The average Bonchev–Trinajstić information content (AvgIpc) is 3.17. The summed E-state index contributed by atoms with van der Waals surface area (Å²) in [5.41, 5.74) is 5.48. The van der Waals surface area contributed by atoms with Gasteiger partial charge in [-0.1, -0.05) is 19.1 Å². The number of aryl methyl sites for hydroxylation is 2. The number of nitrogens with zero attached hydrogens (tertiary/aromatic N) is 5. The van der Waals surface area contributed by atoms with Gasteiger partial charge >= 0.3 is 0 Å². The van der Waals surface area contributed by atoms with E-state index in [1.165, 1.54) is 0 Å². The normalized spacial score (nSPS) is 13.9. The number of nitrogens with one attached hydrogen (secondary N) is 1. The Morgan fingerprint density at radius 2 is 1.82 bits per heavy atom. The molecule has 0 radical (unpaired) electrons. The van der Waals surface area contributed by atoms with Gasteiger partial charge in [-0.2, -0.15) is 10.1 Å². The molecule has 0 spiro atoms. The molecule has 0 unspecified atom stereocenters. The van der Waals surface area contributed by atoms with Crippen LogP contribution in [0.5, 0.6) is 0 Å². The van der Waals surface area contributed by atoms with Crippen LogP contribution in [0.15, 0.2) is 48.5 Å². The van der Waals surface area contributed by atoms with Crippen LogP contribution in [-0.4, -0.2) is 51.8 Å². The van der Waals surface area contributed by atoms with E-state index in [0.29, 0.717) is 37.0 Å². The summed E-state index contributed by atoms with van der Waals surface area (Å²) in [7, 11) is 1.96. The molecule has 8 nitrogen and oxygen atoms in total. The Bertz CT molecular complexity index is 1340. The molecule has 8 heteroatoms. The zero-order valence-corrected chi connectivity index (χ0v) is 19.7. The smallest absolute Gasteiger partial charge is 0.228 e. The van der Waals surface area contributed by atoms with Crippen LogP contribution >= 0.6 is 0 Å². The number of Topliss-reactive ketones (excluding diaryl/α,β-unsaturated/α-hetero) is 1. The number of ether oxygens (including phenoxy) is 1. The van der Waals surface area contributed by atoms with E-state index in [4.69, 9.17) is 14.7 Å². The Morgan fingerprint density at radius 1 is 1.06 bits per heavy atom. The van der Waals surface area contributed by atoms with Crippen molar-refractivity contribution in [1.82, 2.24) is 19.7 Å². The van der Waals surface area contributed by atoms with E-state index in [2.05, 4.69) is 33.5 Å². The minimum Gasteiger partial charge on any atom is -0.378 e. The molecule has 0 aliphatic carbocycles. The largest absolute Gasteiger partial charge is 0.378 e. The number of hydrogen-bond donors (Lipinski definition) is 1. The first-order valence-corrected chi connectivity index (χ1v) is 11.6. The molecule has 1 aliphatic heterocycles. The lowest BCUT2D eigenvalue weighted by atomic mass is 10.1. The maximum atomic E-state index is 12.0. The Labute approximate surface area is 198 Å². The van der Waals surface area contributed by atoms with Gasteiger partial charge in [-0.05, 0) is 37.3 Å². The molecule has 0 atom stereocenters. The minimum atomic E-state index is 0.131. The van der Waals surface area contributed by atoms with Gasteiger partial charge in [-0.15, -0.1) is 0 Å². The minimum absolute atomic E-state index is 0.131. The summed E-state index contributed by atoms with van der Waals surface area (Å²) in [6, 6.07) is 15.8. The van der Waals surface area contributed by atoms with E-state index < -0.39 is 0 Å². The number of ketones is 1. The maximum Gasteiger partial charge on any atom is 0.228 e. The third-order valence-corrected chi connectivity index (χ3v) is 6.14. The van der Waals surface area contributed by atoms with Crippen LogP contribution in [0.2, 0.25) is 0 Å². The van der Waals surface area contributed by atoms with Gasteiger partial charge in [0.2, 0.25) is 5.95 Å². The highest BCUT2D eigenvalue weighted by atomic mass is 16.5. The van der Waals surface area contributed by atoms with Gasteiger partial charge in [-0.25, -0.2) is 4.98 Å². The van der Waals surface area contributed by atoms with Crippen molar-refractivity contribution in [3.8, 4) is 11.3 Å². The second kappa shape index (κ2) is 9.23. The van der Waals surface area contributed by atoms with Crippen LogP contribution in [0.25, 0.3) is 22.2 Å². The molecule has 3 heterocycles. The molecule has 1 saturated heterocycles. The van der Waals surface area contributed by atoms with Crippen molar-refractivity contribution < 1.29 is 9.53 Å². The number of carbonyl (C=O) groups is 1. The van der Waals surface area contributed by atoms with Gasteiger partial charge in [0, 0.05) is 54.8 Å². The van der Waals surface area contributed by atoms with Crippen LogP contribution in [-0.2, 0) is 11.8 Å². The number of anilines is 3. The van der Waals surface area contributed by atoms with Crippen LogP contribution < -0.4 is 10.2 Å². The highest BCUT2D eigenvalue weighted by Gasteiger charge is 2.17. The topological polar surface area (TPSA) is 85.2 Å². The fourth-order valence-electron chi connectivity index (χ4n) is 4.24. The lowest BCUT2D eigenvalue weighted by Gasteiger charge is -2.27. The highest BCUT2D eigenvalue weighted by molar-refractivity contribution is 5.96. The summed E-state index contributed by atoms with van der Waals surface area (Å²) in [4.78, 5) is 23.8. The monoisotopic (exact) mass is 456 g/mol. The molecule has 2 aromatic heterocycles. The Hall–Kier alpha value is -3.78. The molecule has 5 rings (SSSR count). The van der Waals surface area contributed by atoms with Gasteiger partial charge in [0.25, 0.3) is 0 Å². The molecule has 0 amide bonds. The molecular weight excluding hydrogens is 428 g/mol. The summed E-state index contributed by atoms with van der Waals surface area (Å²) < 4.78 is 7.41. The molecule has 4 aromatic rings. The molecular formula is C26H28N6O2. The number of morpholine rings is 1. The summed E-state index contributed by atoms with van der Waals surface area (Å²) in [5, 5.41) is 9.07. The molecule has 1 N–H and O–H groups in total. The van der Waals surface area contributed by atoms with E-state index in [0.717, 1.165) is 46.6 Å². The quantitative estimate of drug-likeness (QED) is 0.427. The molecule has 34 heavy (non-hydrogen) atoms. The number of aromatic nitrogens is 4. The molecule has 174 valence electrons. The molecule has 1 aliphatic rings. The SMILES string of the molecule is CCC(=O)c1ccc(Nc2cc(-c3ccc4c(C)nn(C)c4c3)nc(N3CCOCC3)n2)cc1.